The molecule has 2 heterocycles. The van der Waals surface area contributed by atoms with E-state index in [1.807, 2.05) is 52.1 Å². The second-order valence-corrected chi connectivity index (χ2v) is 10.1. The van der Waals surface area contributed by atoms with E-state index in [4.69, 9.17) is 14.2 Å². The lowest BCUT2D eigenvalue weighted by molar-refractivity contribution is 0.0480. The molecule has 0 saturated heterocycles. The highest BCUT2D eigenvalue weighted by Crippen LogP contribution is 2.45. The summed E-state index contributed by atoms with van der Waals surface area (Å²) in [5.41, 5.74) is 2.61. The molecular weight excluding hydrogens is 460 g/mol. The van der Waals surface area contributed by atoms with E-state index < -0.39 is 11.7 Å². The van der Waals surface area contributed by atoms with Crippen molar-refractivity contribution in [3.63, 3.8) is 0 Å². The number of halogens is 1. The Hall–Kier alpha value is -2.28. The van der Waals surface area contributed by atoms with Crippen LogP contribution in [0.15, 0.2) is 35.1 Å². The van der Waals surface area contributed by atoms with Crippen LogP contribution in [0.1, 0.15) is 59.6 Å². The number of pyridine rings is 1. The number of amides is 1. The van der Waals surface area contributed by atoms with Gasteiger partial charge in [-0.1, -0.05) is 13.8 Å². The minimum Gasteiger partial charge on any atom is -0.490 e. The third-order valence-electron chi connectivity index (χ3n) is 4.84. The summed E-state index contributed by atoms with van der Waals surface area (Å²) in [4.78, 5) is 16.5. The lowest BCUT2D eigenvalue weighted by atomic mass is 9.95. The molecule has 0 aliphatic carbocycles. The molecule has 1 unspecified atom stereocenters. The average Bonchev–Trinajstić information content (AvgIpc) is 2.65. The summed E-state index contributed by atoms with van der Waals surface area (Å²) < 4.78 is 18.5. The Bertz CT molecular complexity index is 940. The normalized spacial score (nSPS) is 16.1. The molecule has 0 radical (unpaired) electrons. The van der Waals surface area contributed by atoms with Gasteiger partial charge in [0.2, 0.25) is 0 Å². The SMILES string of the molecule is CC(C)C[C@@H](COc1cc2c(cc1Br)-c1cnccc1C(C)O2)NC(=O)OC(C)(C)C. The molecule has 1 N–H and O–H groups in total. The van der Waals surface area contributed by atoms with E-state index in [0.717, 1.165) is 33.3 Å². The fraction of sp³-hybridized carbons (Fsp3) is 0.500. The number of benzene rings is 1. The van der Waals surface area contributed by atoms with E-state index in [1.54, 1.807) is 6.20 Å². The second kappa shape index (κ2) is 9.47. The predicted octanol–water partition coefficient (Wildman–Crippen LogP) is 6.28. The molecule has 1 aromatic carbocycles. The van der Waals surface area contributed by atoms with Crippen LogP contribution in [0.5, 0.6) is 11.5 Å². The molecule has 1 amide bonds. The van der Waals surface area contributed by atoms with Gasteiger partial charge < -0.3 is 19.5 Å². The van der Waals surface area contributed by atoms with E-state index in [1.165, 1.54) is 0 Å². The van der Waals surface area contributed by atoms with Gasteiger partial charge >= 0.3 is 6.09 Å². The van der Waals surface area contributed by atoms with Crippen molar-refractivity contribution in [2.75, 3.05) is 6.61 Å². The number of hydrogen-bond donors (Lipinski definition) is 1. The number of aromatic nitrogens is 1. The summed E-state index contributed by atoms with van der Waals surface area (Å²) in [6, 6.07) is 5.70. The lowest BCUT2D eigenvalue weighted by Crippen LogP contribution is -2.42. The van der Waals surface area contributed by atoms with Gasteiger partial charge in [-0.2, -0.15) is 0 Å². The first-order valence-corrected chi connectivity index (χ1v) is 11.4. The topological polar surface area (TPSA) is 69.7 Å². The van der Waals surface area contributed by atoms with Gasteiger partial charge in [-0.3, -0.25) is 4.98 Å². The van der Waals surface area contributed by atoms with Crippen LogP contribution >= 0.6 is 15.9 Å². The highest BCUT2D eigenvalue weighted by atomic mass is 79.9. The van der Waals surface area contributed by atoms with E-state index in [2.05, 4.69) is 40.1 Å². The number of nitrogens with one attached hydrogen (secondary N) is 1. The molecule has 168 valence electrons. The Kier molecular flexibility index (Phi) is 7.14. The van der Waals surface area contributed by atoms with Gasteiger partial charge in [0.25, 0.3) is 0 Å². The number of nitrogens with zero attached hydrogens (tertiary/aromatic N) is 1. The van der Waals surface area contributed by atoms with Crippen molar-refractivity contribution in [1.82, 2.24) is 10.3 Å². The summed E-state index contributed by atoms with van der Waals surface area (Å²) in [5.74, 6) is 1.81. The molecule has 3 rings (SSSR count). The zero-order chi connectivity index (χ0) is 22.8. The summed E-state index contributed by atoms with van der Waals surface area (Å²) >= 11 is 3.62. The van der Waals surface area contributed by atoms with Crippen molar-refractivity contribution >= 4 is 22.0 Å². The van der Waals surface area contributed by atoms with E-state index in [9.17, 15) is 4.79 Å². The van der Waals surface area contributed by atoms with Crippen LogP contribution in [0.3, 0.4) is 0 Å². The van der Waals surface area contributed by atoms with Gasteiger partial charge in [0.15, 0.2) is 0 Å². The van der Waals surface area contributed by atoms with Crippen molar-refractivity contribution in [2.45, 2.75) is 65.7 Å². The largest absolute Gasteiger partial charge is 0.490 e. The van der Waals surface area contributed by atoms with Crippen LogP contribution in [-0.4, -0.2) is 29.3 Å². The molecular formula is C24H31BrN2O4. The van der Waals surface area contributed by atoms with Gasteiger partial charge in [-0.15, -0.1) is 0 Å². The maximum atomic E-state index is 12.2. The van der Waals surface area contributed by atoms with Crippen LogP contribution in [0, 0.1) is 5.92 Å². The quantitative estimate of drug-likeness (QED) is 0.515. The maximum absolute atomic E-state index is 12.2. The number of alkyl carbamates (subject to hydrolysis) is 1. The number of fused-ring (bicyclic) bond motifs is 3. The molecule has 0 spiro atoms. The van der Waals surface area contributed by atoms with Gasteiger partial charge in [-0.25, -0.2) is 4.79 Å². The molecule has 31 heavy (non-hydrogen) atoms. The Labute approximate surface area is 192 Å². The summed E-state index contributed by atoms with van der Waals surface area (Å²) in [5, 5.41) is 2.94. The zero-order valence-electron chi connectivity index (χ0n) is 19.0. The van der Waals surface area contributed by atoms with E-state index in [0.29, 0.717) is 18.3 Å². The number of carbonyl (C=O) groups is 1. The Morgan fingerprint density at radius 2 is 2.03 bits per heavy atom. The molecule has 1 aliphatic rings. The lowest BCUT2D eigenvalue weighted by Gasteiger charge is -2.27. The maximum Gasteiger partial charge on any atom is 0.407 e. The molecule has 7 heteroatoms. The second-order valence-electron chi connectivity index (χ2n) is 9.29. The van der Waals surface area contributed by atoms with Gasteiger partial charge in [0, 0.05) is 35.2 Å². The molecule has 2 atom stereocenters. The Morgan fingerprint density at radius 3 is 2.71 bits per heavy atom. The highest BCUT2D eigenvalue weighted by molar-refractivity contribution is 9.10. The van der Waals surface area contributed by atoms with E-state index >= 15 is 0 Å². The van der Waals surface area contributed by atoms with Gasteiger partial charge in [-0.05, 0) is 68.1 Å². The van der Waals surface area contributed by atoms with Crippen LogP contribution < -0.4 is 14.8 Å². The van der Waals surface area contributed by atoms with E-state index in [-0.39, 0.29) is 12.1 Å². The molecule has 0 bridgehead atoms. The van der Waals surface area contributed by atoms with Crippen LogP contribution in [0.4, 0.5) is 4.79 Å². The number of hydrogen-bond acceptors (Lipinski definition) is 5. The number of carbonyl (C=O) groups excluding carboxylic acids is 1. The average molecular weight is 491 g/mol. The third kappa shape index (κ3) is 6.12. The number of rotatable bonds is 6. The van der Waals surface area contributed by atoms with Crippen LogP contribution in [0.25, 0.3) is 11.1 Å². The first kappa shape index (κ1) is 23.4. The standard InChI is InChI=1S/C24H31BrN2O4/c1-14(2)9-16(27-23(28)31-24(4,5)6)13-29-22-11-21-18(10-20(22)25)19-12-26-8-7-17(19)15(3)30-21/h7-8,10-12,14-16H,9,13H2,1-6H3,(H,27,28)/t15?,16-/m0/s1. The number of ether oxygens (including phenoxy) is 3. The minimum absolute atomic E-state index is 0.0675. The Morgan fingerprint density at radius 1 is 1.29 bits per heavy atom. The summed E-state index contributed by atoms with van der Waals surface area (Å²) in [6.45, 7) is 12.1. The first-order chi connectivity index (χ1) is 14.5. The van der Waals surface area contributed by atoms with Crippen molar-refractivity contribution in [3.05, 3.63) is 40.6 Å². The summed E-state index contributed by atoms with van der Waals surface area (Å²) in [6.07, 6.45) is 3.91. The van der Waals surface area contributed by atoms with Gasteiger partial charge in [0.05, 0.1) is 10.5 Å². The molecule has 1 aliphatic heterocycles. The minimum atomic E-state index is -0.548. The monoisotopic (exact) mass is 490 g/mol. The van der Waals surface area contributed by atoms with Crippen molar-refractivity contribution in [2.24, 2.45) is 5.92 Å². The van der Waals surface area contributed by atoms with Gasteiger partial charge in [0.1, 0.15) is 29.8 Å². The highest BCUT2D eigenvalue weighted by Gasteiger charge is 2.25. The fourth-order valence-electron chi connectivity index (χ4n) is 3.59. The smallest absolute Gasteiger partial charge is 0.407 e. The summed E-state index contributed by atoms with van der Waals surface area (Å²) in [7, 11) is 0. The molecule has 0 fully saturated rings. The Balaban J connectivity index is 1.76. The molecule has 1 aromatic heterocycles. The van der Waals surface area contributed by atoms with Crippen LogP contribution in [-0.2, 0) is 4.74 Å². The van der Waals surface area contributed by atoms with Crippen LogP contribution in [0.2, 0.25) is 0 Å². The van der Waals surface area contributed by atoms with Crippen molar-refractivity contribution < 1.29 is 19.0 Å². The first-order valence-electron chi connectivity index (χ1n) is 10.6. The molecule has 0 saturated carbocycles. The third-order valence-corrected chi connectivity index (χ3v) is 5.46. The molecule has 2 aromatic rings. The molecule has 6 nitrogen and oxygen atoms in total. The zero-order valence-corrected chi connectivity index (χ0v) is 20.6. The predicted molar refractivity (Wildman–Crippen MR) is 125 cm³/mol. The van der Waals surface area contributed by atoms with Crippen molar-refractivity contribution in [3.8, 4) is 22.6 Å². The van der Waals surface area contributed by atoms with Crippen molar-refractivity contribution in [1.29, 1.82) is 0 Å². The fourth-order valence-corrected chi connectivity index (χ4v) is 4.05.